The summed E-state index contributed by atoms with van der Waals surface area (Å²) in [5.41, 5.74) is -0.254. The molecule has 3 heterocycles. The minimum Gasteiger partial charge on any atom is -0.393 e. The van der Waals surface area contributed by atoms with E-state index in [0.717, 1.165) is 70.4 Å². The maximum absolute atomic E-state index is 13.3. The number of piperidine rings is 1. The van der Waals surface area contributed by atoms with E-state index in [1.807, 2.05) is 12.1 Å². The van der Waals surface area contributed by atoms with E-state index in [1.165, 1.54) is 0 Å². The Labute approximate surface area is 154 Å². The number of likely N-dealkylation sites (tertiary alicyclic amines) is 1. The third kappa shape index (κ3) is 3.24. The molecule has 25 heavy (non-hydrogen) atoms. The second kappa shape index (κ2) is 6.76. The summed E-state index contributed by atoms with van der Waals surface area (Å²) in [5, 5.41) is 10.4. The average molecular weight is 364 g/mol. The Hall–Kier alpha value is -1.33. The molecule has 1 spiro atoms. The number of hydrogen-bond donors (Lipinski definition) is 1. The number of hydrogen-bond acceptors (Lipinski definition) is 4. The lowest BCUT2D eigenvalue weighted by Crippen LogP contribution is -2.50. The van der Waals surface area contributed by atoms with Crippen LogP contribution in [0, 0.1) is 5.41 Å². The number of carbonyl (C=O) groups excluding carboxylic acids is 1. The van der Waals surface area contributed by atoms with Crippen molar-refractivity contribution in [2.24, 2.45) is 5.41 Å². The van der Waals surface area contributed by atoms with Crippen LogP contribution < -0.4 is 4.90 Å². The molecular formula is C19H26ClN3O2. The van der Waals surface area contributed by atoms with Gasteiger partial charge in [0.2, 0.25) is 5.91 Å². The summed E-state index contributed by atoms with van der Waals surface area (Å²) in [7, 11) is 0. The van der Waals surface area contributed by atoms with Gasteiger partial charge in [0.05, 0.1) is 16.5 Å². The van der Waals surface area contributed by atoms with Crippen molar-refractivity contribution in [1.29, 1.82) is 0 Å². The van der Waals surface area contributed by atoms with Gasteiger partial charge in [0, 0.05) is 31.9 Å². The highest BCUT2D eigenvalue weighted by atomic mass is 35.5. The van der Waals surface area contributed by atoms with Gasteiger partial charge in [-0.05, 0) is 57.1 Å². The van der Waals surface area contributed by atoms with Crippen molar-refractivity contribution >= 4 is 23.3 Å². The first kappa shape index (κ1) is 17.1. The van der Waals surface area contributed by atoms with Crippen molar-refractivity contribution in [3.8, 4) is 0 Å². The third-order valence-corrected chi connectivity index (χ3v) is 6.49. The smallest absolute Gasteiger partial charge is 0.230 e. The molecule has 2 aliphatic heterocycles. The molecule has 0 bridgehead atoms. The van der Waals surface area contributed by atoms with Crippen LogP contribution in [0.3, 0.4) is 0 Å². The number of aromatic nitrogens is 1. The van der Waals surface area contributed by atoms with Gasteiger partial charge in [-0.3, -0.25) is 4.79 Å². The van der Waals surface area contributed by atoms with Crippen molar-refractivity contribution in [2.75, 3.05) is 24.5 Å². The van der Waals surface area contributed by atoms with E-state index in [1.54, 1.807) is 6.20 Å². The topological polar surface area (TPSA) is 56.7 Å². The minimum atomic E-state index is -0.254. The molecule has 1 aromatic heterocycles. The second-order valence-electron chi connectivity index (χ2n) is 7.85. The van der Waals surface area contributed by atoms with Crippen LogP contribution in [-0.2, 0) is 4.79 Å². The van der Waals surface area contributed by atoms with Crippen LogP contribution >= 0.6 is 11.6 Å². The lowest BCUT2D eigenvalue weighted by atomic mass is 9.78. The Morgan fingerprint density at radius 1 is 1.16 bits per heavy atom. The molecule has 1 amide bonds. The highest BCUT2D eigenvalue weighted by molar-refractivity contribution is 6.30. The van der Waals surface area contributed by atoms with Crippen molar-refractivity contribution in [3.05, 3.63) is 23.4 Å². The van der Waals surface area contributed by atoms with Crippen molar-refractivity contribution < 1.29 is 9.90 Å². The van der Waals surface area contributed by atoms with Crippen LogP contribution in [0.4, 0.5) is 5.82 Å². The first-order valence-electron chi connectivity index (χ1n) is 9.43. The van der Waals surface area contributed by atoms with Gasteiger partial charge in [-0.2, -0.15) is 0 Å². The predicted octanol–water partition coefficient (Wildman–Crippen LogP) is 2.86. The average Bonchev–Trinajstić information content (AvgIpc) is 2.93. The molecule has 136 valence electrons. The fraction of sp³-hybridized carbons (Fsp3) is 0.684. The standard InChI is InChI=1S/C19H26ClN3O2/c20-14-2-7-17(21-12-14)22-10-1-8-19(13-22)9-11-23(18(19)25)15-3-5-16(24)6-4-15/h2,7,12,15-16,24H,1,3-6,8-11,13H2. The van der Waals surface area contributed by atoms with E-state index < -0.39 is 0 Å². The summed E-state index contributed by atoms with van der Waals surface area (Å²) < 4.78 is 0. The Morgan fingerprint density at radius 2 is 1.96 bits per heavy atom. The molecule has 1 aromatic rings. The van der Waals surface area contributed by atoms with Gasteiger partial charge < -0.3 is 14.9 Å². The summed E-state index contributed by atoms with van der Waals surface area (Å²) in [5.74, 6) is 1.24. The quantitative estimate of drug-likeness (QED) is 0.877. The summed E-state index contributed by atoms with van der Waals surface area (Å²) in [6.07, 6.45) is 7.95. The van der Waals surface area contributed by atoms with E-state index in [9.17, 15) is 9.90 Å². The predicted molar refractivity (Wildman–Crippen MR) is 97.7 cm³/mol. The molecule has 0 radical (unpaired) electrons. The van der Waals surface area contributed by atoms with Crippen LogP contribution in [0.1, 0.15) is 44.9 Å². The van der Waals surface area contributed by atoms with Gasteiger partial charge in [-0.15, -0.1) is 0 Å². The van der Waals surface area contributed by atoms with Crippen molar-refractivity contribution in [3.63, 3.8) is 0 Å². The molecule has 3 aliphatic rings. The van der Waals surface area contributed by atoms with Gasteiger partial charge in [0.1, 0.15) is 5.82 Å². The molecule has 5 nitrogen and oxygen atoms in total. The molecule has 3 fully saturated rings. The first-order chi connectivity index (χ1) is 12.1. The fourth-order valence-electron chi connectivity index (χ4n) is 4.83. The van der Waals surface area contributed by atoms with Crippen LogP contribution in [0.5, 0.6) is 0 Å². The number of rotatable bonds is 2. The summed E-state index contributed by atoms with van der Waals surface area (Å²) in [6.45, 7) is 2.56. The molecule has 1 saturated carbocycles. The number of nitrogens with zero attached hydrogens (tertiary/aromatic N) is 3. The van der Waals surface area contributed by atoms with Crippen LogP contribution in [0.25, 0.3) is 0 Å². The number of halogens is 1. The normalized spacial score (nSPS) is 33.3. The first-order valence-corrected chi connectivity index (χ1v) is 9.81. The van der Waals surface area contributed by atoms with Crippen LogP contribution in [0.2, 0.25) is 5.02 Å². The molecule has 0 aromatic carbocycles. The maximum Gasteiger partial charge on any atom is 0.230 e. The summed E-state index contributed by atoms with van der Waals surface area (Å²) in [4.78, 5) is 22.1. The van der Waals surface area contributed by atoms with Gasteiger partial charge >= 0.3 is 0 Å². The summed E-state index contributed by atoms with van der Waals surface area (Å²) in [6, 6.07) is 4.13. The lowest BCUT2D eigenvalue weighted by molar-refractivity contribution is -0.139. The zero-order chi connectivity index (χ0) is 17.4. The van der Waals surface area contributed by atoms with Crippen molar-refractivity contribution in [2.45, 2.75) is 57.1 Å². The highest BCUT2D eigenvalue weighted by Gasteiger charge is 2.50. The monoisotopic (exact) mass is 363 g/mol. The van der Waals surface area contributed by atoms with E-state index >= 15 is 0 Å². The molecular weight excluding hydrogens is 338 g/mol. The van der Waals surface area contributed by atoms with Crippen LogP contribution in [-0.4, -0.2) is 52.7 Å². The van der Waals surface area contributed by atoms with E-state index in [0.29, 0.717) is 17.0 Å². The molecule has 1 atom stereocenters. The van der Waals surface area contributed by atoms with E-state index in [4.69, 9.17) is 11.6 Å². The number of aliphatic hydroxyl groups excluding tert-OH is 1. The largest absolute Gasteiger partial charge is 0.393 e. The lowest BCUT2D eigenvalue weighted by Gasteiger charge is -2.41. The fourth-order valence-corrected chi connectivity index (χ4v) is 4.94. The van der Waals surface area contributed by atoms with E-state index in [2.05, 4.69) is 14.8 Å². The van der Waals surface area contributed by atoms with E-state index in [-0.39, 0.29) is 11.5 Å². The SMILES string of the molecule is O=C1N(C2CCC(O)CC2)CCC12CCCN(c1ccc(Cl)cn1)C2. The Bertz CT molecular complexity index is 630. The number of anilines is 1. The number of aliphatic hydroxyl groups is 1. The van der Waals surface area contributed by atoms with Crippen molar-refractivity contribution in [1.82, 2.24) is 9.88 Å². The zero-order valence-electron chi connectivity index (χ0n) is 14.5. The number of carbonyl (C=O) groups is 1. The summed E-state index contributed by atoms with van der Waals surface area (Å²) >= 11 is 5.95. The molecule has 1 unspecified atom stereocenters. The number of pyridine rings is 1. The number of amides is 1. The van der Waals surface area contributed by atoms with Gasteiger partial charge in [-0.1, -0.05) is 11.6 Å². The molecule has 1 aliphatic carbocycles. The molecule has 2 saturated heterocycles. The van der Waals surface area contributed by atoms with Gasteiger partial charge in [0.15, 0.2) is 0 Å². The maximum atomic E-state index is 13.3. The van der Waals surface area contributed by atoms with Gasteiger partial charge in [0.25, 0.3) is 0 Å². The second-order valence-corrected chi connectivity index (χ2v) is 8.29. The Kier molecular flexibility index (Phi) is 4.63. The molecule has 4 rings (SSSR count). The Morgan fingerprint density at radius 3 is 2.68 bits per heavy atom. The zero-order valence-corrected chi connectivity index (χ0v) is 15.3. The van der Waals surface area contributed by atoms with Crippen LogP contribution in [0.15, 0.2) is 18.3 Å². The van der Waals surface area contributed by atoms with Gasteiger partial charge in [-0.25, -0.2) is 4.98 Å². The molecule has 6 heteroatoms. The molecule has 1 N–H and O–H groups in total. The highest BCUT2D eigenvalue weighted by Crippen LogP contribution is 2.43. The Balaban J connectivity index is 1.48. The third-order valence-electron chi connectivity index (χ3n) is 6.27. The minimum absolute atomic E-state index is 0.177.